The van der Waals surface area contributed by atoms with Gasteiger partial charge in [0.05, 0.1) is 6.10 Å². The van der Waals surface area contributed by atoms with E-state index in [0.717, 1.165) is 6.42 Å². The van der Waals surface area contributed by atoms with Crippen molar-refractivity contribution in [3.8, 4) is 5.75 Å². The van der Waals surface area contributed by atoms with Crippen LogP contribution in [0.2, 0.25) is 5.02 Å². The van der Waals surface area contributed by atoms with Crippen LogP contribution in [0.4, 0.5) is 0 Å². The second kappa shape index (κ2) is 9.64. The molecule has 1 N–H and O–H groups in total. The van der Waals surface area contributed by atoms with Gasteiger partial charge in [-0.3, -0.25) is 4.79 Å². The van der Waals surface area contributed by atoms with E-state index in [-0.39, 0.29) is 12.0 Å². The fraction of sp³-hybridized carbons (Fsp3) is 0.562. The molecule has 0 spiro atoms. The van der Waals surface area contributed by atoms with Crippen LogP contribution in [0.15, 0.2) is 24.3 Å². The Morgan fingerprint density at radius 3 is 2.76 bits per heavy atom. The van der Waals surface area contributed by atoms with E-state index in [0.29, 0.717) is 30.3 Å². The predicted molar refractivity (Wildman–Crippen MR) is 84.9 cm³/mol. The van der Waals surface area contributed by atoms with Crippen molar-refractivity contribution in [3.63, 3.8) is 0 Å². The van der Waals surface area contributed by atoms with Crippen molar-refractivity contribution in [2.75, 3.05) is 13.2 Å². The average Bonchev–Trinajstić information content (AvgIpc) is 2.44. The number of halogens is 1. The Balaban J connectivity index is 2.36. The zero-order valence-corrected chi connectivity index (χ0v) is 13.7. The van der Waals surface area contributed by atoms with E-state index in [4.69, 9.17) is 21.1 Å². The fourth-order valence-corrected chi connectivity index (χ4v) is 1.92. The molecule has 1 aromatic carbocycles. The van der Waals surface area contributed by atoms with Gasteiger partial charge < -0.3 is 14.8 Å². The summed E-state index contributed by atoms with van der Waals surface area (Å²) >= 11 is 5.90. The molecule has 5 heteroatoms. The molecule has 0 aliphatic rings. The van der Waals surface area contributed by atoms with Gasteiger partial charge in [0, 0.05) is 18.2 Å². The minimum atomic E-state index is -0.505. The molecule has 0 aliphatic carbocycles. The molecule has 4 nitrogen and oxygen atoms in total. The minimum Gasteiger partial charge on any atom is -0.481 e. The third-order valence-electron chi connectivity index (χ3n) is 2.81. The first kappa shape index (κ1) is 17.8. The first-order valence-electron chi connectivity index (χ1n) is 7.34. The number of benzene rings is 1. The van der Waals surface area contributed by atoms with Crippen molar-refractivity contribution in [1.29, 1.82) is 0 Å². The number of amides is 1. The van der Waals surface area contributed by atoms with Gasteiger partial charge in [0.1, 0.15) is 5.75 Å². The maximum absolute atomic E-state index is 12.1. The first-order valence-corrected chi connectivity index (χ1v) is 7.72. The summed E-state index contributed by atoms with van der Waals surface area (Å²) in [5.41, 5.74) is 0. The molecule has 0 saturated carbocycles. The molecule has 0 aliphatic heterocycles. The van der Waals surface area contributed by atoms with E-state index < -0.39 is 6.10 Å². The summed E-state index contributed by atoms with van der Waals surface area (Å²) in [7, 11) is 0. The number of carbonyl (C=O) groups excluding carboxylic acids is 1. The summed E-state index contributed by atoms with van der Waals surface area (Å²) in [6.07, 6.45) is 1.10. The maximum Gasteiger partial charge on any atom is 0.261 e. The maximum atomic E-state index is 12.1. The second-order valence-corrected chi connectivity index (χ2v) is 5.47. The van der Waals surface area contributed by atoms with Gasteiger partial charge in [-0.05, 0) is 44.9 Å². The van der Waals surface area contributed by atoms with Gasteiger partial charge in [0.25, 0.3) is 5.91 Å². The molecular weight excluding hydrogens is 290 g/mol. The molecular formula is C16H24ClNO3. The summed E-state index contributed by atoms with van der Waals surface area (Å²) in [4.78, 5) is 12.1. The average molecular weight is 314 g/mol. The number of ether oxygens (including phenoxy) is 2. The number of carbonyl (C=O) groups is 1. The van der Waals surface area contributed by atoms with E-state index >= 15 is 0 Å². The SMILES string of the molecule is CC[C@H](Oc1cccc(Cl)c1)C(=O)NCCCOC(C)C. The van der Waals surface area contributed by atoms with Crippen molar-refractivity contribution in [1.82, 2.24) is 5.32 Å². The minimum absolute atomic E-state index is 0.109. The second-order valence-electron chi connectivity index (χ2n) is 5.04. The zero-order valence-electron chi connectivity index (χ0n) is 12.9. The van der Waals surface area contributed by atoms with Crippen LogP contribution < -0.4 is 10.1 Å². The zero-order chi connectivity index (χ0) is 15.7. The van der Waals surface area contributed by atoms with E-state index in [9.17, 15) is 4.79 Å². The lowest BCUT2D eigenvalue weighted by Crippen LogP contribution is -2.38. The van der Waals surface area contributed by atoms with Crippen LogP contribution >= 0.6 is 11.6 Å². The van der Waals surface area contributed by atoms with Crippen molar-refractivity contribution in [3.05, 3.63) is 29.3 Å². The molecule has 1 atom stereocenters. The molecule has 0 bridgehead atoms. The van der Waals surface area contributed by atoms with Crippen molar-refractivity contribution in [2.45, 2.75) is 45.8 Å². The summed E-state index contributed by atoms with van der Waals surface area (Å²) in [6, 6.07) is 7.06. The van der Waals surface area contributed by atoms with Crippen LogP contribution in [0.25, 0.3) is 0 Å². The molecule has 0 saturated heterocycles. The highest BCUT2D eigenvalue weighted by Gasteiger charge is 2.17. The molecule has 118 valence electrons. The van der Waals surface area contributed by atoms with Gasteiger partial charge in [-0.25, -0.2) is 0 Å². The highest BCUT2D eigenvalue weighted by Crippen LogP contribution is 2.19. The van der Waals surface area contributed by atoms with Crippen molar-refractivity contribution >= 4 is 17.5 Å². The molecule has 0 heterocycles. The molecule has 1 aromatic rings. The fourth-order valence-electron chi connectivity index (χ4n) is 1.74. The summed E-state index contributed by atoms with van der Waals surface area (Å²) in [5.74, 6) is 0.495. The topological polar surface area (TPSA) is 47.6 Å². The van der Waals surface area contributed by atoms with Crippen LogP contribution in [-0.4, -0.2) is 31.3 Å². The van der Waals surface area contributed by atoms with Crippen LogP contribution in [0.3, 0.4) is 0 Å². The van der Waals surface area contributed by atoms with Crippen molar-refractivity contribution < 1.29 is 14.3 Å². The Bertz CT molecular complexity index is 437. The quantitative estimate of drug-likeness (QED) is 0.711. The van der Waals surface area contributed by atoms with E-state index in [1.165, 1.54) is 0 Å². The van der Waals surface area contributed by atoms with Gasteiger partial charge in [0.2, 0.25) is 0 Å². The molecule has 0 radical (unpaired) electrons. The number of hydrogen-bond acceptors (Lipinski definition) is 3. The van der Waals surface area contributed by atoms with Gasteiger partial charge in [0.15, 0.2) is 6.10 Å². The highest BCUT2D eigenvalue weighted by molar-refractivity contribution is 6.30. The Kier molecular flexibility index (Phi) is 8.16. The molecule has 1 rings (SSSR count). The van der Waals surface area contributed by atoms with E-state index in [2.05, 4.69) is 5.32 Å². The lowest BCUT2D eigenvalue weighted by molar-refractivity contribution is -0.128. The normalized spacial score (nSPS) is 12.2. The van der Waals surface area contributed by atoms with Gasteiger partial charge >= 0.3 is 0 Å². The van der Waals surface area contributed by atoms with Crippen molar-refractivity contribution in [2.24, 2.45) is 0 Å². The number of nitrogens with one attached hydrogen (secondary N) is 1. The van der Waals surface area contributed by atoms with Gasteiger partial charge in [-0.1, -0.05) is 24.6 Å². The summed E-state index contributed by atoms with van der Waals surface area (Å²) in [5, 5.41) is 3.46. The molecule has 0 aromatic heterocycles. The lowest BCUT2D eigenvalue weighted by atomic mass is 10.2. The van der Waals surface area contributed by atoms with Gasteiger partial charge in [-0.2, -0.15) is 0 Å². The van der Waals surface area contributed by atoms with E-state index in [1.54, 1.807) is 24.3 Å². The third kappa shape index (κ3) is 7.34. The number of hydrogen-bond donors (Lipinski definition) is 1. The largest absolute Gasteiger partial charge is 0.481 e. The molecule has 1 amide bonds. The van der Waals surface area contributed by atoms with Crippen LogP contribution in [0, 0.1) is 0 Å². The molecule has 0 unspecified atom stereocenters. The predicted octanol–water partition coefficient (Wildman–Crippen LogP) is 3.43. The van der Waals surface area contributed by atoms with Crippen LogP contribution in [-0.2, 0) is 9.53 Å². The Hall–Kier alpha value is -1.26. The smallest absolute Gasteiger partial charge is 0.261 e. The molecule has 21 heavy (non-hydrogen) atoms. The van der Waals surface area contributed by atoms with Crippen LogP contribution in [0.1, 0.15) is 33.6 Å². The highest BCUT2D eigenvalue weighted by atomic mass is 35.5. The van der Waals surface area contributed by atoms with Crippen LogP contribution in [0.5, 0.6) is 5.75 Å². The third-order valence-corrected chi connectivity index (χ3v) is 3.04. The van der Waals surface area contributed by atoms with Gasteiger partial charge in [-0.15, -0.1) is 0 Å². The summed E-state index contributed by atoms with van der Waals surface area (Å²) in [6.45, 7) is 7.12. The monoisotopic (exact) mass is 313 g/mol. The first-order chi connectivity index (χ1) is 10.0. The Labute approximate surface area is 131 Å². The Morgan fingerprint density at radius 1 is 1.38 bits per heavy atom. The summed E-state index contributed by atoms with van der Waals surface area (Å²) < 4.78 is 11.1. The molecule has 0 fully saturated rings. The lowest BCUT2D eigenvalue weighted by Gasteiger charge is -2.17. The Morgan fingerprint density at radius 2 is 2.14 bits per heavy atom. The van der Waals surface area contributed by atoms with E-state index in [1.807, 2.05) is 20.8 Å². The standard InChI is InChI=1S/C16H24ClNO3/c1-4-15(21-14-8-5-7-13(17)11-14)16(19)18-9-6-10-20-12(2)3/h5,7-8,11-12,15H,4,6,9-10H2,1-3H3,(H,18,19)/t15-/m0/s1. The number of rotatable bonds is 9.